The zero-order chi connectivity index (χ0) is 21.9. The molecule has 0 saturated carbocycles. The van der Waals surface area contributed by atoms with Crippen molar-refractivity contribution >= 4 is 23.0 Å². The number of ether oxygens (including phenoxy) is 1. The second kappa shape index (κ2) is 8.24. The van der Waals surface area contributed by atoms with E-state index in [-0.39, 0.29) is 11.3 Å². The summed E-state index contributed by atoms with van der Waals surface area (Å²) in [6.45, 7) is 0. The standard InChI is InChI=1S/C21H15F4N3O2/c22-13-3-10-18(17(11-13)19(26)20(27)29)28-14-4-8-16(9-5-14)30-15-6-1-12(2-7-15)21(23,24)25/h1-11,26,28H,(H2,27,29). The van der Waals surface area contributed by atoms with Gasteiger partial charge in [-0.2, -0.15) is 13.2 Å². The third kappa shape index (κ3) is 4.93. The Bertz CT molecular complexity index is 1080. The van der Waals surface area contributed by atoms with Gasteiger partial charge < -0.3 is 15.8 Å². The monoisotopic (exact) mass is 417 g/mol. The highest BCUT2D eigenvalue weighted by Gasteiger charge is 2.30. The van der Waals surface area contributed by atoms with Gasteiger partial charge in [0.05, 0.1) is 5.56 Å². The van der Waals surface area contributed by atoms with Crippen LogP contribution in [-0.2, 0) is 11.0 Å². The molecule has 0 atom stereocenters. The first kappa shape index (κ1) is 20.8. The predicted octanol–water partition coefficient (Wildman–Crippen LogP) is 5.23. The third-order valence-corrected chi connectivity index (χ3v) is 4.05. The Morgan fingerprint density at radius 2 is 1.50 bits per heavy atom. The molecule has 0 saturated heterocycles. The molecule has 5 nitrogen and oxygen atoms in total. The van der Waals surface area contributed by atoms with E-state index in [9.17, 15) is 22.4 Å². The Kier molecular flexibility index (Phi) is 5.72. The Morgan fingerprint density at radius 1 is 0.933 bits per heavy atom. The lowest BCUT2D eigenvalue weighted by molar-refractivity contribution is -0.137. The number of primary amides is 1. The van der Waals surface area contributed by atoms with Crippen LogP contribution < -0.4 is 15.8 Å². The van der Waals surface area contributed by atoms with Gasteiger partial charge in [0.25, 0.3) is 5.91 Å². The lowest BCUT2D eigenvalue weighted by Crippen LogP contribution is -2.24. The number of carbonyl (C=O) groups is 1. The van der Waals surface area contributed by atoms with Crippen LogP contribution in [0.15, 0.2) is 66.7 Å². The van der Waals surface area contributed by atoms with Gasteiger partial charge in [-0.05, 0) is 66.7 Å². The SMILES string of the molecule is N=C(C(N)=O)c1cc(F)ccc1Nc1ccc(Oc2ccc(C(F)(F)F)cc2)cc1. The van der Waals surface area contributed by atoms with Gasteiger partial charge in [0.15, 0.2) is 0 Å². The number of amides is 1. The first-order chi connectivity index (χ1) is 14.1. The molecule has 0 radical (unpaired) electrons. The minimum Gasteiger partial charge on any atom is -0.457 e. The van der Waals surface area contributed by atoms with Crippen molar-refractivity contribution in [2.75, 3.05) is 5.32 Å². The van der Waals surface area contributed by atoms with Gasteiger partial charge in [-0.15, -0.1) is 0 Å². The van der Waals surface area contributed by atoms with Crippen LogP contribution >= 0.6 is 0 Å². The summed E-state index contributed by atoms with van der Waals surface area (Å²) >= 11 is 0. The van der Waals surface area contributed by atoms with E-state index in [1.54, 1.807) is 24.3 Å². The Hall–Kier alpha value is -3.88. The zero-order valence-electron chi connectivity index (χ0n) is 15.3. The Labute approximate surface area is 168 Å². The van der Waals surface area contributed by atoms with Gasteiger partial charge in [-0.25, -0.2) is 4.39 Å². The van der Waals surface area contributed by atoms with Crippen molar-refractivity contribution in [1.82, 2.24) is 0 Å². The van der Waals surface area contributed by atoms with Crippen LogP contribution in [0.5, 0.6) is 11.5 Å². The molecule has 0 aliphatic rings. The Morgan fingerprint density at radius 3 is 2.03 bits per heavy atom. The van der Waals surface area contributed by atoms with Crippen LogP contribution in [0.3, 0.4) is 0 Å². The number of halogens is 4. The summed E-state index contributed by atoms with van der Waals surface area (Å²) in [6, 6.07) is 14.2. The lowest BCUT2D eigenvalue weighted by atomic mass is 10.1. The predicted molar refractivity (Wildman–Crippen MR) is 104 cm³/mol. The molecule has 3 rings (SSSR count). The number of benzene rings is 3. The number of hydrogen-bond acceptors (Lipinski definition) is 4. The maximum Gasteiger partial charge on any atom is 0.416 e. The van der Waals surface area contributed by atoms with Crippen molar-refractivity contribution in [2.45, 2.75) is 6.18 Å². The van der Waals surface area contributed by atoms with Gasteiger partial charge in [-0.1, -0.05) is 0 Å². The quantitative estimate of drug-likeness (QED) is 0.379. The average Bonchev–Trinajstić information content (AvgIpc) is 2.70. The first-order valence-electron chi connectivity index (χ1n) is 8.54. The van der Waals surface area contributed by atoms with E-state index < -0.39 is 29.2 Å². The van der Waals surface area contributed by atoms with E-state index in [4.69, 9.17) is 15.9 Å². The van der Waals surface area contributed by atoms with Gasteiger partial charge >= 0.3 is 6.18 Å². The summed E-state index contributed by atoms with van der Waals surface area (Å²) in [7, 11) is 0. The second-order valence-corrected chi connectivity index (χ2v) is 6.20. The van der Waals surface area contributed by atoms with Crippen LogP contribution in [0.1, 0.15) is 11.1 Å². The second-order valence-electron chi connectivity index (χ2n) is 6.20. The fraction of sp³-hybridized carbons (Fsp3) is 0.0476. The van der Waals surface area contributed by atoms with Crippen LogP contribution in [0.2, 0.25) is 0 Å². The molecule has 30 heavy (non-hydrogen) atoms. The minimum atomic E-state index is -4.42. The van der Waals surface area contributed by atoms with E-state index in [0.29, 0.717) is 17.1 Å². The van der Waals surface area contributed by atoms with E-state index in [1.165, 1.54) is 24.3 Å². The molecular weight excluding hydrogens is 402 g/mol. The Balaban J connectivity index is 1.74. The summed E-state index contributed by atoms with van der Waals surface area (Å²) in [5.74, 6) is -1.00. The lowest BCUT2D eigenvalue weighted by Gasteiger charge is -2.13. The van der Waals surface area contributed by atoms with E-state index in [0.717, 1.165) is 18.2 Å². The topological polar surface area (TPSA) is 88.2 Å². The number of carbonyl (C=O) groups excluding carboxylic acids is 1. The summed E-state index contributed by atoms with van der Waals surface area (Å²) in [5, 5.41) is 10.7. The molecule has 0 fully saturated rings. The molecule has 0 unspecified atom stereocenters. The number of nitrogens with one attached hydrogen (secondary N) is 2. The van der Waals surface area contributed by atoms with Crippen LogP contribution in [-0.4, -0.2) is 11.6 Å². The third-order valence-electron chi connectivity index (χ3n) is 4.05. The van der Waals surface area contributed by atoms with Crippen molar-refractivity contribution < 1.29 is 27.1 Å². The van der Waals surface area contributed by atoms with Crippen molar-refractivity contribution in [3.8, 4) is 11.5 Å². The molecule has 0 aromatic heterocycles. The molecule has 154 valence electrons. The van der Waals surface area contributed by atoms with Crippen molar-refractivity contribution in [3.05, 3.63) is 83.7 Å². The first-order valence-corrected chi connectivity index (χ1v) is 8.54. The maximum absolute atomic E-state index is 13.5. The molecule has 3 aromatic carbocycles. The summed E-state index contributed by atoms with van der Waals surface area (Å²) in [4.78, 5) is 11.3. The molecule has 0 bridgehead atoms. The minimum absolute atomic E-state index is 0.00702. The van der Waals surface area contributed by atoms with Crippen LogP contribution in [0.25, 0.3) is 0 Å². The molecule has 3 aromatic rings. The summed E-state index contributed by atoms with van der Waals surface area (Å²) in [6.07, 6.45) is -4.42. The number of alkyl halides is 3. The van der Waals surface area contributed by atoms with Gasteiger partial charge in [0, 0.05) is 16.9 Å². The maximum atomic E-state index is 13.5. The van der Waals surface area contributed by atoms with Crippen LogP contribution in [0.4, 0.5) is 28.9 Å². The number of rotatable bonds is 6. The van der Waals surface area contributed by atoms with E-state index in [2.05, 4.69) is 5.32 Å². The number of hydrogen-bond donors (Lipinski definition) is 3. The van der Waals surface area contributed by atoms with Gasteiger partial charge in [0.1, 0.15) is 23.0 Å². The number of anilines is 2. The van der Waals surface area contributed by atoms with Gasteiger partial charge in [0.2, 0.25) is 0 Å². The van der Waals surface area contributed by atoms with Gasteiger partial charge in [-0.3, -0.25) is 10.2 Å². The fourth-order valence-electron chi connectivity index (χ4n) is 2.57. The zero-order valence-corrected chi connectivity index (χ0v) is 15.3. The molecule has 9 heteroatoms. The molecule has 4 N–H and O–H groups in total. The summed E-state index contributed by atoms with van der Waals surface area (Å²) < 4.78 is 56.8. The van der Waals surface area contributed by atoms with Crippen molar-refractivity contribution in [2.24, 2.45) is 5.73 Å². The molecular formula is C21H15F4N3O2. The van der Waals surface area contributed by atoms with Crippen LogP contribution in [0, 0.1) is 11.2 Å². The smallest absolute Gasteiger partial charge is 0.416 e. The molecule has 0 aliphatic carbocycles. The largest absolute Gasteiger partial charge is 0.457 e. The molecule has 0 aliphatic heterocycles. The molecule has 0 heterocycles. The average molecular weight is 417 g/mol. The number of nitrogens with two attached hydrogens (primary N) is 1. The molecule has 1 amide bonds. The normalized spacial score (nSPS) is 11.1. The van der Waals surface area contributed by atoms with Crippen molar-refractivity contribution in [1.29, 1.82) is 5.41 Å². The highest BCUT2D eigenvalue weighted by molar-refractivity contribution is 6.44. The fourth-order valence-corrected chi connectivity index (χ4v) is 2.57. The highest BCUT2D eigenvalue weighted by Crippen LogP contribution is 2.32. The summed E-state index contributed by atoms with van der Waals surface area (Å²) in [5.41, 5.74) is 4.65. The van der Waals surface area contributed by atoms with Crippen molar-refractivity contribution in [3.63, 3.8) is 0 Å². The molecule has 0 spiro atoms. The highest BCUT2D eigenvalue weighted by atomic mass is 19.4. The van der Waals surface area contributed by atoms with E-state index in [1.807, 2.05) is 0 Å². The van der Waals surface area contributed by atoms with E-state index >= 15 is 0 Å².